The van der Waals surface area contributed by atoms with Gasteiger partial charge in [-0.2, -0.15) is 0 Å². The number of urea groups is 1. The SMILES string of the molecule is C#CCCC(CC(=O)NCC=C)NC(=O)[C@@H]1[C@H]2CCC(C)(C)[C@H]2CN1C(=O)[C@@H](NC(=O)NC1(CS(=O)(=O)C(C)(C)C)CCCCC1)C1CCCCC1. The first-order valence-electron chi connectivity index (χ1n) is 19.7. The van der Waals surface area contributed by atoms with Crippen LogP contribution in [-0.4, -0.2) is 84.3 Å². The van der Waals surface area contributed by atoms with Crippen LogP contribution in [0.15, 0.2) is 12.7 Å². The van der Waals surface area contributed by atoms with Gasteiger partial charge in [0, 0.05) is 32.0 Å². The molecule has 3 saturated carbocycles. The number of hydrogen-bond acceptors (Lipinski definition) is 6. The zero-order chi connectivity index (χ0) is 38.3. The molecule has 0 aromatic carbocycles. The van der Waals surface area contributed by atoms with E-state index in [0.29, 0.717) is 38.8 Å². The van der Waals surface area contributed by atoms with Gasteiger partial charge in [-0.1, -0.05) is 58.4 Å². The Hall–Kier alpha value is -3.07. The second kappa shape index (κ2) is 17.4. The van der Waals surface area contributed by atoms with Gasteiger partial charge >= 0.3 is 6.03 Å². The average Bonchev–Trinajstić information content (AvgIpc) is 3.61. The minimum absolute atomic E-state index is 0.0562. The first kappa shape index (κ1) is 41.7. The van der Waals surface area contributed by atoms with Crippen molar-refractivity contribution in [2.75, 3.05) is 18.8 Å². The van der Waals surface area contributed by atoms with E-state index in [9.17, 15) is 27.6 Å². The highest BCUT2D eigenvalue weighted by Crippen LogP contribution is 2.53. The Morgan fingerprint density at radius 2 is 1.63 bits per heavy atom. The number of nitrogens with zero attached hydrogens (tertiary/aromatic N) is 1. The molecule has 4 N–H and O–H groups in total. The van der Waals surface area contributed by atoms with Gasteiger partial charge in [-0.15, -0.1) is 18.9 Å². The zero-order valence-electron chi connectivity index (χ0n) is 32.4. The van der Waals surface area contributed by atoms with Gasteiger partial charge in [0.1, 0.15) is 12.1 Å². The molecule has 1 saturated heterocycles. The third kappa shape index (κ3) is 10.1. The van der Waals surface area contributed by atoms with Crippen LogP contribution in [0.4, 0.5) is 4.79 Å². The Morgan fingerprint density at radius 1 is 0.981 bits per heavy atom. The second-order valence-electron chi connectivity index (χ2n) is 17.7. The number of carbonyl (C=O) groups is 4. The second-order valence-corrected chi connectivity index (χ2v) is 20.4. The summed E-state index contributed by atoms with van der Waals surface area (Å²) in [6, 6.07) is -2.65. The monoisotopic (exact) mass is 743 g/mol. The summed E-state index contributed by atoms with van der Waals surface area (Å²) in [6.45, 7) is 13.8. The van der Waals surface area contributed by atoms with E-state index in [1.54, 1.807) is 31.7 Å². The smallest absolute Gasteiger partial charge is 0.315 e. The van der Waals surface area contributed by atoms with Gasteiger partial charge in [-0.25, -0.2) is 13.2 Å². The number of terminal acetylenes is 1. The lowest BCUT2D eigenvalue weighted by molar-refractivity contribution is -0.142. The zero-order valence-corrected chi connectivity index (χ0v) is 33.2. The maximum Gasteiger partial charge on any atom is 0.315 e. The van der Waals surface area contributed by atoms with Crippen molar-refractivity contribution in [3.05, 3.63) is 12.7 Å². The van der Waals surface area contributed by atoms with E-state index in [1.165, 1.54) is 0 Å². The highest BCUT2D eigenvalue weighted by atomic mass is 32.2. The van der Waals surface area contributed by atoms with Crippen molar-refractivity contribution >= 4 is 33.6 Å². The summed E-state index contributed by atoms with van der Waals surface area (Å²) in [5.74, 6) is 1.60. The molecule has 0 bridgehead atoms. The van der Waals surface area contributed by atoms with Gasteiger partial charge in [0.05, 0.1) is 16.0 Å². The summed E-state index contributed by atoms with van der Waals surface area (Å²) in [6.07, 6.45) is 17.9. The molecule has 5 amide bonds. The van der Waals surface area contributed by atoms with Crippen LogP contribution in [0, 0.1) is 35.5 Å². The maximum absolute atomic E-state index is 14.9. The summed E-state index contributed by atoms with van der Waals surface area (Å²) < 4.78 is 25.9. The molecule has 0 aromatic rings. The number of nitrogens with one attached hydrogen (secondary N) is 4. The van der Waals surface area contributed by atoms with E-state index < -0.39 is 44.3 Å². The van der Waals surface area contributed by atoms with Crippen LogP contribution in [0.1, 0.15) is 131 Å². The molecule has 3 aliphatic carbocycles. The van der Waals surface area contributed by atoms with Crippen molar-refractivity contribution in [2.24, 2.45) is 23.2 Å². The summed E-state index contributed by atoms with van der Waals surface area (Å²) in [4.78, 5) is 57.7. The van der Waals surface area contributed by atoms with Crippen LogP contribution in [0.5, 0.6) is 0 Å². The molecule has 4 aliphatic rings. The van der Waals surface area contributed by atoms with E-state index in [1.807, 2.05) is 0 Å². The predicted octanol–water partition coefficient (Wildman–Crippen LogP) is 5.00. The molecular weight excluding hydrogens is 679 g/mol. The van der Waals surface area contributed by atoms with Gasteiger partial charge in [-0.05, 0) is 88.9 Å². The fourth-order valence-electron chi connectivity index (χ4n) is 9.20. The summed E-state index contributed by atoms with van der Waals surface area (Å²) in [5.41, 5.74) is -1.00. The highest BCUT2D eigenvalue weighted by molar-refractivity contribution is 7.92. The molecule has 1 heterocycles. The largest absolute Gasteiger partial charge is 0.353 e. The van der Waals surface area contributed by atoms with Crippen LogP contribution in [0.2, 0.25) is 0 Å². The van der Waals surface area contributed by atoms with E-state index in [4.69, 9.17) is 6.42 Å². The molecule has 4 fully saturated rings. The Bertz CT molecular complexity index is 1450. The molecule has 4 rings (SSSR count). The van der Waals surface area contributed by atoms with E-state index >= 15 is 0 Å². The summed E-state index contributed by atoms with van der Waals surface area (Å²) in [5, 5.41) is 12.1. The Kier molecular flexibility index (Phi) is 13.9. The van der Waals surface area contributed by atoms with E-state index in [2.05, 4.69) is 47.6 Å². The standard InChI is InChI=1S/C40H65N5O6S/c1-8-10-19-29(25-32(46)41-24-9-2)42-35(47)34-30-20-23-39(6,7)31(30)26-45(34)36(48)33(28-17-13-11-14-18-28)43-37(49)44-40(21-15-12-16-22-40)27-52(50,51)38(3,4)5/h1,9,28-31,33-34H,2,10-27H2,3-7H3,(H,41,46)(H,42,47)(H2,43,44,49)/t29?,30-,31-,33-,34-/m0/s1. The molecule has 5 atom stereocenters. The van der Waals surface area contributed by atoms with E-state index in [0.717, 1.165) is 64.2 Å². The molecule has 0 aromatic heterocycles. The maximum atomic E-state index is 14.9. The summed E-state index contributed by atoms with van der Waals surface area (Å²) in [7, 11) is -3.55. The quantitative estimate of drug-likeness (QED) is 0.145. The predicted molar refractivity (Wildman–Crippen MR) is 205 cm³/mol. The number of fused-ring (bicyclic) bond motifs is 1. The van der Waals surface area contributed by atoms with Crippen molar-refractivity contribution in [2.45, 2.75) is 159 Å². The van der Waals surface area contributed by atoms with Gasteiger partial charge in [0.15, 0.2) is 9.84 Å². The number of carbonyl (C=O) groups excluding carboxylic acids is 4. The van der Waals surface area contributed by atoms with Gasteiger partial charge in [0.2, 0.25) is 17.7 Å². The van der Waals surface area contributed by atoms with Crippen molar-refractivity contribution in [1.29, 1.82) is 0 Å². The fraction of sp³-hybridized carbons (Fsp3) is 0.800. The first-order chi connectivity index (χ1) is 24.4. The summed E-state index contributed by atoms with van der Waals surface area (Å²) >= 11 is 0. The lowest BCUT2D eigenvalue weighted by atomic mass is 9.79. The Balaban J connectivity index is 1.61. The van der Waals surface area contributed by atoms with Crippen molar-refractivity contribution in [1.82, 2.24) is 26.2 Å². The van der Waals surface area contributed by atoms with Crippen LogP contribution in [-0.2, 0) is 24.2 Å². The van der Waals surface area contributed by atoms with Crippen LogP contribution >= 0.6 is 0 Å². The van der Waals surface area contributed by atoms with Crippen LogP contribution in [0.3, 0.4) is 0 Å². The minimum Gasteiger partial charge on any atom is -0.353 e. The minimum atomic E-state index is -3.55. The Morgan fingerprint density at radius 3 is 2.25 bits per heavy atom. The fourth-order valence-corrected chi connectivity index (χ4v) is 10.7. The van der Waals surface area contributed by atoms with Gasteiger partial charge in [-0.3, -0.25) is 14.4 Å². The van der Waals surface area contributed by atoms with Crippen LogP contribution in [0.25, 0.3) is 0 Å². The van der Waals surface area contributed by atoms with Crippen molar-refractivity contribution in [3.63, 3.8) is 0 Å². The number of likely N-dealkylation sites (tertiary alicyclic amines) is 1. The first-order valence-corrected chi connectivity index (χ1v) is 21.3. The molecule has 1 aliphatic heterocycles. The highest BCUT2D eigenvalue weighted by Gasteiger charge is 2.57. The normalized spacial score (nSPS) is 25.5. The van der Waals surface area contributed by atoms with Crippen LogP contribution < -0.4 is 21.3 Å². The third-order valence-corrected chi connectivity index (χ3v) is 15.2. The lowest BCUT2D eigenvalue weighted by Crippen LogP contribution is -2.63. The average molecular weight is 744 g/mol. The number of amides is 5. The Labute approximate surface area is 312 Å². The molecule has 1 unspecified atom stereocenters. The van der Waals surface area contributed by atoms with E-state index in [-0.39, 0.29) is 53.1 Å². The molecule has 0 radical (unpaired) electrons. The number of rotatable bonds is 14. The molecule has 11 nitrogen and oxygen atoms in total. The molecule has 52 heavy (non-hydrogen) atoms. The van der Waals surface area contributed by atoms with Gasteiger partial charge in [0.25, 0.3) is 0 Å². The topological polar surface area (TPSA) is 154 Å². The molecular formula is C40H65N5O6S. The van der Waals surface area contributed by atoms with Gasteiger partial charge < -0.3 is 26.2 Å². The lowest BCUT2D eigenvalue weighted by Gasteiger charge is -2.41. The molecule has 12 heteroatoms. The number of hydrogen-bond donors (Lipinski definition) is 4. The number of sulfone groups is 1. The molecule has 292 valence electrons. The van der Waals surface area contributed by atoms with Crippen molar-refractivity contribution in [3.8, 4) is 12.3 Å². The van der Waals surface area contributed by atoms with Crippen molar-refractivity contribution < 1.29 is 27.6 Å². The molecule has 0 spiro atoms. The third-order valence-electron chi connectivity index (χ3n) is 12.5.